The molecule has 0 heterocycles. The molecule has 1 unspecified atom stereocenters. The number of rotatable bonds is 9. The van der Waals surface area contributed by atoms with E-state index in [0.29, 0.717) is 6.61 Å². The highest BCUT2D eigenvalue weighted by molar-refractivity contribution is 4.85. The number of ether oxygens (including phenoxy) is 1. The molecule has 3 heteroatoms. The molecule has 0 rings (SSSR count). The number of terminal acetylenes is 1. The molecule has 0 amide bonds. The van der Waals surface area contributed by atoms with E-state index in [9.17, 15) is 5.11 Å². The number of hydrogen-bond donors (Lipinski definition) is 2. The average Bonchev–Trinajstić information content (AvgIpc) is 2.17. The van der Waals surface area contributed by atoms with Crippen molar-refractivity contribution in [3.05, 3.63) is 0 Å². The summed E-state index contributed by atoms with van der Waals surface area (Å²) in [5.74, 6) is 2.58. The van der Waals surface area contributed by atoms with Crippen molar-refractivity contribution in [2.24, 2.45) is 0 Å². The summed E-state index contributed by atoms with van der Waals surface area (Å²) in [7, 11) is 1.68. The summed E-state index contributed by atoms with van der Waals surface area (Å²) in [6.45, 7) is 4.21. The standard InChI is InChI=1S/C12H23NO2/c1-4-5-6-7-12(2,14)8-9-13-10-11-15-3/h1,13-14H,5-11H2,2-3H3. The highest BCUT2D eigenvalue weighted by Crippen LogP contribution is 2.16. The van der Waals surface area contributed by atoms with Crippen LogP contribution in [0.25, 0.3) is 0 Å². The van der Waals surface area contributed by atoms with E-state index >= 15 is 0 Å². The third-order valence-corrected chi connectivity index (χ3v) is 2.36. The summed E-state index contributed by atoms with van der Waals surface area (Å²) in [6, 6.07) is 0. The van der Waals surface area contributed by atoms with Gasteiger partial charge in [-0.15, -0.1) is 12.3 Å². The van der Waals surface area contributed by atoms with Crippen LogP contribution in [0.4, 0.5) is 0 Å². The van der Waals surface area contributed by atoms with Crippen molar-refractivity contribution in [1.29, 1.82) is 0 Å². The SMILES string of the molecule is C#CCCCC(C)(O)CCNCCOC. The van der Waals surface area contributed by atoms with Crippen molar-refractivity contribution in [3.8, 4) is 12.3 Å². The lowest BCUT2D eigenvalue weighted by atomic mass is 9.95. The Morgan fingerprint density at radius 2 is 2.13 bits per heavy atom. The third-order valence-electron chi connectivity index (χ3n) is 2.36. The molecule has 15 heavy (non-hydrogen) atoms. The van der Waals surface area contributed by atoms with Crippen molar-refractivity contribution >= 4 is 0 Å². The van der Waals surface area contributed by atoms with Crippen LogP contribution in [-0.2, 0) is 4.74 Å². The van der Waals surface area contributed by atoms with E-state index in [1.165, 1.54) is 0 Å². The molecule has 0 saturated carbocycles. The van der Waals surface area contributed by atoms with E-state index in [-0.39, 0.29) is 0 Å². The molecule has 0 bridgehead atoms. The Morgan fingerprint density at radius 3 is 2.73 bits per heavy atom. The van der Waals surface area contributed by atoms with Gasteiger partial charge in [0.2, 0.25) is 0 Å². The number of unbranched alkanes of at least 4 members (excludes halogenated alkanes) is 1. The van der Waals surface area contributed by atoms with Gasteiger partial charge in [0.1, 0.15) is 0 Å². The van der Waals surface area contributed by atoms with E-state index in [4.69, 9.17) is 11.2 Å². The predicted molar refractivity (Wildman–Crippen MR) is 62.7 cm³/mol. The molecule has 1 atom stereocenters. The van der Waals surface area contributed by atoms with Crippen molar-refractivity contribution in [2.75, 3.05) is 26.8 Å². The van der Waals surface area contributed by atoms with Gasteiger partial charge < -0.3 is 15.2 Å². The van der Waals surface area contributed by atoms with Crippen molar-refractivity contribution in [1.82, 2.24) is 5.32 Å². The number of hydrogen-bond acceptors (Lipinski definition) is 3. The number of methoxy groups -OCH3 is 1. The largest absolute Gasteiger partial charge is 0.390 e. The zero-order valence-corrected chi connectivity index (χ0v) is 9.88. The molecule has 0 aromatic rings. The van der Waals surface area contributed by atoms with E-state index in [2.05, 4.69) is 11.2 Å². The smallest absolute Gasteiger partial charge is 0.0632 e. The number of nitrogens with one attached hydrogen (secondary N) is 1. The van der Waals surface area contributed by atoms with Crippen LogP contribution >= 0.6 is 0 Å². The minimum absolute atomic E-state index is 0.600. The molecule has 0 saturated heterocycles. The molecule has 2 N–H and O–H groups in total. The second kappa shape index (κ2) is 8.72. The molecule has 0 radical (unpaired) electrons. The maximum Gasteiger partial charge on any atom is 0.0632 e. The Morgan fingerprint density at radius 1 is 1.40 bits per heavy atom. The van der Waals surface area contributed by atoms with Gasteiger partial charge in [-0.25, -0.2) is 0 Å². The topological polar surface area (TPSA) is 41.5 Å². The van der Waals surface area contributed by atoms with Crippen molar-refractivity contribution < 1.29 is 9.84 Å². The quantitative estimate of drug-likeness (QED) is 0.446. The zero-order valence-electron chi connectivity index (χ0n) is 9.88. The van der Waals surface area contributed by atoms with Crippen LogP contribution in [0.3, 0.4) is 0 Å². The van der Waals surface area contributed by atoms with E-state index in [0.717, 1.165) is 38.8 Å². The first-order chi connectivity index (χ1) is 7.12. The van der Waals surface area contributed by atoms with Crippen LogP contribution in [0.15, 0.2) is 0 Å². The lowest BCUT2D eigenvalue weighted by Gasteiger charge is -2.23. The van der Waals surface area contributed by atoms with Crippen molar-refractivity contribution in [2.45, 2.75) is 38.2 Å². The molecular formula is C12H23NO2. The second-order valence-corrected chi connectivity index (χ2v) is 4.05. The van der Waals surface area contributed by atoms with Crippen LogP contribution in [0.5, 0.6) is 0 Å². The predicted octanol–water partition coefficient (Wildman–Crippen LogP) is 1.17. The van der Waals surface area contributed by atoms with Crippen molar-refractivity contribution in [3.63, 3.8) is 0 Å². The highest BCUT2D eigenvalue weighted by atomic mass is 16.5. The van der Waals surface area contributed by atoms with Crippen LogP contribution in [0, 0.1) is 12.3 Å². The maximum absolute atomic E-state index is 9.96. The lowest BCUT2D eigenvalue weighted by molar-refractivity contribution is 0.0402. The monoisotopic (exact) mass is 213 g/mol. The minimum atomic E-state index is -0.600. The summed E-state index contributed by atoms with van der Waals surface area (Å²) in [6.07, 6.45) is 8.31. The normalized spacial score (nSPS) is 14.5. The molecule has 0 aromatic carbocycles. The van der Waals surface area contributed by atoms with Gasteiger partial charge in [-0.3, -0.25) is 0 Å². The molecule has 0 spiro atoms. The van der Waals surface area contributed by atoms with Crippen LogP contribution in [-0.4, -0.2) is 37.5 Å². The summed E-state index contributed by atoms with van der Waals surface area (Å²) >= 11 is 0. The Bertz CT molecular complexity index is 185. The summed E-state index contributed by atoms with van der Waals surface area (Å²) in [4.78, 5) is 0. The minimum Gasteiger partial charge on any atom is -0.390 e. The molecular weight excluding hydrogens is 190 g/mol. The Hall–Kier alpha value is -0.560. The molecule has 3 nitrogen and oxygen atoms in total. The first kappa shape index (κ1) is 14.4. The Kier molecular flexibility index (Phi) is 8.40. The van der Waals surface area contributed by atoms with Gasteiger partial charge in [-0.2, -0.15) is 0 Å². The van der Waals surface area contributed by atoms with Crippen LogP contribution < -0.4 is 5.32 Å². The molecule has 88 valence electrons. The summed E-state index contributed by atoms with van der Waals surface area (Å²) in [5, 5.41) is 13.2. The zero-order chi connectivity index (χ0) is 11.6. The van der Waals surface area contributed by atoms with Gasteiger partial charge in [0.05, 0.1) is 12.2 Å². The molecule has 0 aliphatic rings. The maximum atomic E-state index is 9.96. The van der Waals surface area contributed by atoms with Crippen LogP contribution in [0.2, 0.25) is 0 Å². The first-order valence-corrected chi connectivity index (χ1v) is 5.48. The fourth-order valence-corrected chi connectivity index (χ4v) is 1.35. The Labute approximate surface area is 93.2 Å². The first-order valence-electron chi connectivity index (χ1n) is 5.48. The van der Waals surface area contributed by atoms with E-state index < -0.39 is 5.60 Å². The Balaban J connectivity index is 3.43. The summed E-state index contributed by atoms with van der Waals surface area (Å²) < 4.78 is 4.91. The van der Waals surface area contributed by atoms with Gasteiger partial charge in [-0.1, -0.05) is 0 Å². The van der Waals surface area contributed by atoms with E-state index in [1.54, 1.807) is 7.11 Å². The molecule has 0 aliphatic heterocycles. The average molecular weight is 213 g/mol. The molecule has 0 aromatic heterocycles. The molecule has 0 aliphatic carbocycles. The third kappa shape index (κ3) is 9.74. The van der Waals surface area contributed by atoms with Crippen LogP contribution in [0.1, 0.15) is 32.6 Å². The molecule has 0 fully saturated rings. The second-order valence-electron chi connectivity index (χ2n) is 4.05. The van der Waals surface area contributed by atoms with Gasteiger partial charge in [0.15, 0.2) is 0 Å². The van der Waals surface area contributed by atoms with Gasteiger partial charge in [0, 0.05) is 20.1 Å². The fourth-order valence-electron chi connectivity index (χ4n) is 1.35. The number of aliphatic hydroxyl groups is 1. The summed E-state index contributed by atoms with van der Waals surface area (Å²) in [5.41, 5.74) is -0.600. The van der Waals surface area contributed by atoms with Gasteiger partial charge in [0.25, 0.3) is 0 Å². The lowest BCUT2D eigenvalue weighted by Crippen LogP contribution is -2.31. The van der Waals surface area contributed by atoms with Gasteiger partial charge in [-0.05, 0) is 32.7 Å². The highest BCUT2D eigenvalue weighted by Gasteiger charge is 2.18. The van der Waals surface area contributed by atoms with E-state index in [1.807, 2.05) is 6.92 Å². The van der Waals surface area contributed by atoms with Gasteiger partial charge >= 0.3 is 0 Å². The fraction of sp³-hybridized carbons (Fsp3) is 0.833.